The Morgan fingerprint density at radius 3 is 1.43 bits per heavy atom. The Kier molecular flexibility index (Phi) is 16.1. The molecule has 0 saturated heterocycles. The second-order valence-electron chi connectivity index (χ2n) is 22.3. The van der Waals surface area contributed by atoms with Gasteiger partial charge in [-0.3, -0.25) is 0 Å². The van der Waals surface area contributed by atoms with Crippen molar-refractivity contribution < 1.29 is 56.0 Å². The largest absolute Gasteiger partial charge is 2.00 e. The number of rotatable bonds is 10. The minimum atomic E-state index is -6.09. The van der Waals surface area contributed by atoms with E-state index in [9.17, 15) is 13.2 Å². The van der Waals surface area contributed by atoms with E-state index in [1.54, 1.807) is 11.4 Å². The summed E-state index contributed by atoms with van der Waals surface area (Å²) < 4.78 is 72.1. The molecule has 0 amide bonds. The van der Waals surface area contributed by atoms with Crippen LogP contribution in [0.5, 0.6) is 11.5 Å². The van der Waals surface area contributed by atoms with Gasteiger partial charge in [0.25, 0.3) is 0 Å². The smallest absolute Gasteiger partial charge is 0.741 e. The quantitative estimate of drug-likeness (QED) is 0.0518. The number of halogens is 3. The summed E-state index contributed by atoms with van der Waals surface area (Å²) in [4.78, 5) is 0. The Hall–Kier alpha value is -2.93. The Morgan fingerprint density at radius 1 is 0.662 bits per heavy atom. The second kappa shape index (κ2) is 20.7. The normalized spacial score (nSPS) is 28.1. The standard InChI is InChI=1S/C43H61O2P.C12H9N.CHF3O3S.Pd/c1-25(2)34-17-35(26(3)4)39(36(18-34)27(5)6)40-37(44-7)9-10-38(45-8)41(40)46(42-19-28-11-29(20-42)13-30(12-28)21-42)43-22-31-14-32(23-43)16-33(15-31)24-43;13-12-9-5-4-8-11(12)10-6-2-1-3-7-10;2-1(3,4)8(5,6)7;/h9-10,17-18,25-33H,11-16,19-24H2,1-8H3;1-6,8-9,13H;(H,5,6,7);/q;-2;;+2. The third-order valence-corrected chi connectivity index (χ3v) is 21.5. The van der Waals surface area contributed by atoms with Crippen molar-refractivity contribution in [2.24, 2.45) is 35.5 Å². The fourth-order valence-electron chi connectivity index (χ4n) is 14.9. The maximum Gasteiger partial charge on any atom is 2.00 e. The van der Waals surface area contributed by atoms with Crippen molar-refractivity contribution in [1.29, 1.82) is 0 Å². The number of nitrogens with one attached hydrogen (secondary N) is 1. The van der Waals surface area contributed by atoms with Gasteiger partial charge in [-0.15, -0.1) is 41.5 Å². The second-order valence-corrected chi connectivity index (χ2v) is 27.0. The molecule has 8 aliphatic rings. The van der Waals surface area contributed by atoms with Gasteiger partial charge in [0, 0.05) is 0 Å². The van der Waals surface area contributed by atoms with Crippen LogP contribution < -0.4 is 14.8 Å². The molecule has 8 saturated carbocycles. The average molecular weight is 1060 g/mol. The molecule has 6 nitrogen and oxygen atoms in total. The first-order chi connectivity index (χ1) is 31.7. The molecule has 0 aromatic heterocycles. The molecular formula is C56H71F3NO5PPdS. The maximum atomic E-state index is 10.7. The number of methoxy groups -OCH3 is 2. The Bertz CT molecular complexity index is 2370. The van der Waals surface area contributed by atoms with Crippen molar-refractivity contribution in [3.8, 4) is 33.8 Å². The van der Waals surface area contributed by atoms with Gasteiger partial charge in [-0.1, -0.05) is 77.9 Å². The van der Waals surface area contributed by atoms with Gasteiger partial charge in [-0.25, -0.2) is 8.42 Å². The molecule has 0 spiro atoms. The van der Waals surface area contributed by atoms with Crippen molar-refractivity contribution in [2.45, 2.75) is 152 Å². The molecule has 0 radical (unpaired) electrons. The van der Waals surface area contributed by atoms with Gasteiger partial charge in [-0.05, 0) is 165 Å². The first-order valence-electron chi connectivity index (χ1n) is 24.8. The molecule has 8 aliphatic carbocycles. The summed E-state index contributed by atoms with van der Waals surface area (Å²) in [6.07, 6.45) is 18.1. The van der Waals surface area contributed by atoms with Gasteiger partial charge < -0.3 is 19.8 Å². The van der Waals surface area contributed by atoms with Crippen LogP contribution in [-0.2, 0) is 30.5 Å². The molecule has 1 N–H and O–H groups in total. The summed E-state index contributed by atoms with van der Waals surface area (Å²) in [6, 6.07) is 28.1. The SMILES string of the molecule is COc1ccc(OC)c([PH+](C23CC4CC(CC(C4)C2)C3)C23CC4CC(CC(C4)C2)C3)c1-c1c(C(C)C)cc(C(C)C)cc1C(C)C.O=S(=O)([O-])C(F)(F)F.[NH-]c1ccccc1-c1[c-]cccc1.[Pd+2]. The van der Waals surface area contributed by atoms with E-state index in [4.69, 9.17) is 28.2 Å². The predicted molar refractivity (Wildman–Crippen MR) is 267 cm³/mol. The van der Waals surface area contributed by atoms with Crippen molar-refractivity contribution >= 4 is 29.0 Å². The molecule has 68 heavy (non-hydrogen) atoms. The van der Waals surface area contributed by atoms with E-state index in [0.29, 0.717) is 33.8 Å². The van der Waals surface area contributed by atoms with Gasteiger partial charge >= 0.3 is 25.9 Å². The van der Waals surface area contributed by atoms with Crippen LogP contribution in [-0.4, -0.2) is 43.0 Å². The van der Waals surface area contributed by atoms with Crippen LogP contribution in [0.3, 0.4) is 0 Å². The van der Waals surface area contributed by atoms with Gasteiger partial charge in [0.15, 0.2) is 15.9 Å². The van der Waals surface area contributed by atoms with Crippen LogP contribution >= 0.6 is 7.92 Å². The zero-order valence-electron chi connectivity index (χ0n) is 41.0. The topological polar surface area (TPSA) is 99.5 Å². The van der Waals surface area contributed by atoms with Crippen molar-refractivity contribution in [2.75, 3.05) is 14.2 Å². The van der Waals surface area contributed by atoms with E-state index in [1.165, 1.54) is 111 Å². The van der Waals surface area contributed by atoms with Crippen LogP contribution in [0.4, 0.5) is 18.9 Å². The Labute approximate surface area is 419 Å². The molecule has 12 rings (SSSR count). The summed E-state index contributed by atoms with van der Waals surface area (Å²) in [6.45, 7) is 14.4. The first-order valence-corrected chi connectivity index (χ1v) is 27.7. The zero-order valence-corrected chi connectivity index (χ0v) is 44.4. The Morgan fingerprint density at radius 2 is 1.07 bits per heavy atom. The maximum absolute atomic E-state index is 10.7. The molecule has 372 valence electrons. The third kappa shape index (κ3) is 10.5. The first kappa shape index (κ1) is 52.9. The van der Waals surface area contributed by atoms with E-state index >= 15 is 0 Å². The van der Waals surface area contributed by atoms with Gasteiger partial charge in [0.05, 0.1) is 38.0 Å². The predicted octanol–water partition coefficient (Wildman–Crippen LogP) is 15.4. The molecule has 0 aliphatic heterocycles. The number of hydrogen-bond donors (Lipinski definition) is 0. The number of ether oxygens (including phenoxy) is 2. The molecule has 4 aromatic carbocycles. The van der Waals surface area contributed by atoms with Gasteiger partial charge in [0.1, 0.15) is 11.1 Å². The summed E-state index contributed by atoms with van der Waals surface area (Å²) in [5.41, 5.74) is 12.0. The molecule has 0 unspecified atom stereocenters. The fourth-order valence-corrected chi connectivity index (χ4v) is 20.9. The average Bonchev–Trinajstić information content (AvgIpc) is 3.25. The van der Waals surface area contributed by atoms with Crippen LogP contribution in [0.1, 0.15) is 153 Å². The molecule has 12 heteroatoms. The van der Waals surface area contributed by atoms with E-state index in [2.05, 4.69) is 71.9 Å². The van der Waals surface area contributed by atoms with Crippen molar-refractivity contribution in [3.63, 3.8) is 0 Å². The molecule has 0 heterocycles. The number of alkyl halides is 3. The van der Waals surface area contributed by atoms with Gasteiger partial charge in [-0.2, -0.15) is 18.9 Å². The summed E-state index contributed by atoms with van der Waals surface area (Å²) in [5.74, 6) is 9.43. The van der Waals surface area contributed by atoms with E-state index < -0.39 is 23.5 Å². The van der Waals surface area contributed by atoms with Crippen molar-refractivity contribution in [1.82, 2.24) is 0 Å². The fraction of sp³-hybridized carbons (Fsp3) is 0.571. The zero-order chi connectivity index (χ0) is 48.2. The summed E-state index contributed by atoms with van der Waals surface area (Å²) in [7, 11) is -3.26. The molecule has 4 aromatic rings. The van der Waals surface area contributed by atoms with Crippen LogP contribution in [0.2, 0.25) is 0 Å². The van der Waals surface area contributed by atoms with E-state index in [0.717, 1.165) is 52.4 Å². The Balaban J connectivity index is 0.000000257. The van der Waals surface area contributed by atoms with Crippen LogP contribution in [0.25, 0.3) is 28.0 Å². The summed E-state index contributed by atoms with van der Waals surface area (Å²) in [5, 5.41) is 2.65. The van der Waals surface area contributed by atoms with Crippen molar-refractivity contribution in [3.05, 3.63) is 101 Å². The van der Waals surface area contributed by atoms with Crippen LogP contribution in [0.15, 0.2) is 72.8 Å². The van der Waals surface area contributed by atoms with Crippen LogP contribution in [0, 0.1) is 41.6 Å². The van der Waals surface area contributed by atoms with E-state index in [1.807, 2.05) is 56.7 Å². The summed E-state index contributed by atoms with van der Waals surface area (Å²) >= 11 is 0. The number of benzene rings is 4. The molecule has 8 bridgehead atoms. The molecule has 8 fully saturated rings. The third-order valence-electron chi connectivity index (χ3n) is 16.5. The number of hydrogen-bond acceptors (Lipinski definition) is 5. The van der Waals surface area contributed by atoms with Gasteiger partial charge in [0.2, 0.25) is 0 Å². The monoisotopic (exact) mass is 1060 g/mol. The minimum Gasteiger partial charge on any atom is -0.741 e. The molecule has 0 atom stereocenters. The molecular weight excluding hydrogens is 993 g/mol. The van der Waals surface area contributed by atoms with E-state index in [-0.39, 0.29) is 20.4 Å². The minimum absolute atomic E-state index is 0.